The molecule has 0 aliphatic rings. The van der Waals surface area contributed by atoms with Crippen LogP contribution in [0.15, 0.2) is 23.1 Å². The van der Waals surface area contributed by atoms with Gasteiger partial charge < -0.3 is 9.84 Å². The summed E-state index contributed by atoms with van der Waals surface area (Å²) in [6, 6.07) is 3.50. The highest BCUT2D eigenvalue weighted by molar-refractivity contribution is 7.89. The van der Waals surface area contributed by atoms with Crippen LogP contribution < -0.4 is 4.72 Å². The molecule has 0 heterocycles. The number of aliphatic hydroxyl groups is 1. The molecule has 1 aromatic rings. The van der Waals surface area contributed by atoms with E-state index in [-0.39, 0.29) is 13.2 Å². The largest absolute Gasteiger partial charge is 0.392 e. The van der Waals surface area contributed by atoms with Crippen LogP contribution in [0.25, 0.3) is 0 Å². The van der Waals surface area contributed by atoms with Crippen molar-refractivity contribution in [1.82, 2.24) is 4.72 Å². The molecule has 5 nitrogen and oxygen atoms in total. The van der Waals surface area contributed by atoms with Crippen molar-refractivity contribution >= 4 is 10.0 Å². The zero-order valence-corrected chi connectivity index (χ0v) is 12.6. The number of ether oxygens (including phenoxy) is 1. The highest BCUT2D eigenvalue weighted by Crippen LogP contribution is 2.17. The Kier molecular flexibility index (Phi) is 5.64. The van der Waals surface area contributed by atoms with Crippen LogP contribution in [0, 0.1) is 5.82 Å². The fraction of sp³-hybridized carbons (Fsp3) is 0.538. The van der Waals surface area contributed by atoms with Gasteiger partial charge >= 0.3 is 0 Å². The number of rotatable bonds is 7. The Morgan fingerprint density at radius 2 is 2.05 bits per heavy atom. The van der Waals surface area contributed by atoms with Crippen LogP contribution in [0.4, 0.5) is 4.39 Å². The van der Waals surface area contributed by atoms with E-state index in [0.717, 1.165) is 12.1 Å². The first-order valence-corrected chi connectivity index (χ1v) is 7.73. The number of benzene rings is 1. The van der Waals surface area contributed by atoms with Gasteiger partial charge in [-0.05, 0) is 38.5 Å². The van der Waals surface area contributed by atoms with E-state index in [1.165, 1.54) is 6.07 Å². The van der Waals surface area contributed by atoms with Crippen LogP contribution in [0.5, 0.6) is 0 Å². The molecule has 1 rings (SSSR count). The molecule has 1 aromatic carbocycles. The van der Waals surface area contributed by atoms with Gasteiger partial charge in [0.1, 0.15) is 10.7 Å². The Morgan fingerprint density at radius 1 is 1.40 bits per heavy atom. The van der Waals surface area contributed by atoms with Gasteiger partial charge in [-0.25, -0.2) is 17.5 Å². The smallest absolute Gasteiger partial charge is 0.243 e. The van der Waals surface area contributed by atoms with Crippen LogP contribution in [-0.4, -0.2) is 32.3 Å². The Morgan fingerprint density at radius 3 is 2.55 bits per heavy atom. The van der Waals surface area contributed by atoms with Crippen molar-refractivity contribution in [1.29, 1.82) is 0 Å². The molecule has 0 aliphatic heterocycles. The van der Waals surface area contributed by atoms with Gasteiger partial charge in [-0.2, -0.15) is 0 Å². The van der Waals surface area contributed by atoms with Gasteiger partial charge in [-0.3, -0.25) is 0 Å². The standard InChI is InChI=1S/C13H20FNO4S/c1-4-19-13(2,3)9-15-20(17,18)12-6-5-10(8-16)7-11(12)14/h5-7,15-16H,4,8-9H2,1-3H3. The SMILES string of the molecule is CCOC(C)(C)CNS(=O)(=O)c1ccc(CO)cc1F. The monoisotopic (exact) mass is 305 g/mol. The number of aliphatic hydroxyl groups excluding tert-OH is 1. The number of hydrogen-bond donors (Lipinski definition) is 2. The second kappa shape index (κ2) is 6.62. The summed E-state index contributed by atoms with van der Waals surface area (Å²) < 4.78 is 45.5. The van der Waals surface area contributed by atoms with Gasteiger partial charge in [0, 0.05) is 13.2 Å². The molecule has 0 aliphatic carbocycles. The van der Waals surface area contributed by atoms with E-state index in [1.54, 1.807) is 13.8 Å². The quantitative estimate of drug-likeness (QED) is 0.798. The highest BCUT2D eigenvalue weighted by Gasteiger charge is 2.24. The van der Waals surface area contributed by atoms with Gasteiger partial charge in [0.15, 0.2) is 0 Å². The molecule has 0 amide bonds. The molecule has 114 valence electrons. The van der Waals surface area contributed by atoms with Crippen LogP contribution in [0.3, 0.4) is 0 Å². The van der Waals surface area contributed by atoms with Crippen molar-refractivity contribution in [3.63, 3.8) is 0 Å². The number of halogens is 1. The van der Waals surface area contributed by atoms with Crippen molar-refractivity contribution in [2.75, 3.05) is 13.2 Å². The fourth-order valence-electron chi connectivity index (χ4n) is 1.65. The predicted octanol–water partition coefficient (Wildman–Crippen LogP) is 1.41. The number of nitrogens with one attached hydrogen (secondary N) is 1. The topological polar surface area (TPSA) is 75.6 Å². The van der Waals surface area contributed by atoms with Crippen molar-refractivity contribution in [2.45, 2.75) is 37.9 Å². The summed E-state index contributed by atoms with van der Waals surface area (Å²) in [5.41, 5.74) is -0.361. The van der Waals surface area contributed by atoms with Crippen LogP contribution in [-0.2, 0) is 21.4 Å². The molecule has 0 fully saturated rings. The predicted molar refractivity (Wildman–Crippen MR) is 73.2 cm³/mol. The summed E-state index contributed by atoms with van der Waals surface area (Å²) in [6.45, 7) is 5.43. The second-order valence-electron chi connectivity index (χ2n) is 4.94. The normalized spacial score (nSPS) is 12.7. The van der Waals surface area contributed by atoms with Crippen LogP contribution >= 0.6 is 0 Å². The van der Waals surface area contributed by atoms with E-state index in [4.69, 9.17) is 9.84 Å². The molecule has 7 heteroatoms. The fourth-order valence-corrected chi connectivity index (χ4v) is 2.90. The zero-order valence-electron chi connectivity index (χ0n) is 11.8. The number of sulfonamides is 1. The van der Waals surface area contributed by atoms with E-state index in [0.29, 0.717) is 12.2 Å². The van der Waals surface area contributed by atoms with Gasteiger partial charge in [0.2, 0.25) is 10.0 Å². The van der Waals surface area contributed by atoms with Gasteiger partial charge in [-0.1, -0.05) is 6.07 Å². The Hall–Kier alpha value is -1.02. The summed E-state index contributed by atoms with van der Waals surface area (Å²) >= 11 is 0. The maximum atomic E-state index is 13.7. The molecule has 0 unspecified atom stereocenters. The van der Waals surface area contributed by atoms with E-state index < -0.39 is 26.3 Å². The van der Waals surface area contributed by atoms with Crippen molar-refractivity contribution < 1.29 is 22.7 Å². The average molecular weight is 305 g/mol. The minimum Gasteiger partial charge on any atom is -0.392 e. The molecule has 2 N–H and O–H groups in total. The third-order valence-electron chi connectivity index (χ3n) is 2.69. The molecule has 0 atom stereocenters. The lowest BCUT2D eigenvalue weighted by Gasteiger charge is -2.24. The molecule has 0 aromatic heterocycles. The molecule has 0 saturated carbocycles. The summed E-state index contributed by atoms with van der Waals surface area (Å²) in [6.07, 6.45) is 0. The Bertz CT molecular complexity index is 557. The van der Waals surface area contributed by atoms with Crippen LogP contribution in [0.2, 0.25) is 0 Å². The summed E-state index contributed by atoms with van der Waals surface area (Å²) in [7, 11) is -3.95. The van der Waals surface area contributed by atoms with E-state index in [9.17, 15) is 12.8 Å². The molecular weight excluding hydrogens is 285 g/mol. The third-order valence-corrected chi connectivity index (χ3v) is 4.13. The second-order valence-corrected chi connectivity index (χ2v) is 6.68. The average Bonchev–Trinajstić information content (AvgIpc) is 2.36. The summed E-state index contributed by atoms with van der Waals surface area (Å²) in [5, 5.41) is 8.88. The van der Waals surface area contributed by atoms with Crippen molar-refractivity contribution in [3.05, 3.63) is 29.6 Å². The Labute approximate surface area is 118 Å². The minimum absolute atomic E-state index is 0.0321. The molecule has 20 heavy (non-hydrogen) atoms. The molecular formula is C13H20FNO4S. The number of hydrogen-bond acceptors (Lipinski definition) is 4. The van der Waals surface area contributed by atoms with Gasteiger partial charge in [-0.15, -0.1) is 0 Å². The summed E-state index contributed by atoms with van der Waals surface area (Å²) in [4.78, 5) is -0.443. The Balaban J connectivity index is 2.89. The van der Waals surface area contributed by atoms with Crippen molar-refractivity contribution in [2.24, 2.45) is 0 Å². The van der Waals surface area contributed by atoms with Gasteiger partial charge in [0.05, 0.1) is 12.2 Å². The molecule has 0 spiro atoms. The lowest BCUT2D eigenvalue weighted by Crippen LogP contribution is -2.40. The zero-order chi connectivity index (χ0) is 15.4. The first-order valence-electron chi connectivity index (χ1n) is 6.25. The maximum Gasteiger partial charge on any atom is 0.243 e. The lowest BCUT2D eigenvalue weighted by molar-refractivity contribution is -0.00516. The molecule has 0 bridgehead atoms. The lowest BCUT2D eigenvalue weighted by atomic mass is 10.1. The van der Waals surface area contributed by atoms with E-state index >= 15 is 0 Å². The van der Waals surface area contributed by atoms with E-state index in [2.05, 4.69) is 4.72 Å². The van der Waals surface area contributed by atoms with Crippen LogP contribution in [0.1, 0.15) is 26.3 Å². The maximum absolute atomic E-state index is 13.7. The first-order chi connectivity index (χ1) is 9.22. The third kappa shape index (κ3) is 4.52. The van der Waals surface area contributed by atoms with E-state index in [1.807, 2.05) is 6.92 Å². The summed E-state index contributed by atoms with van der Waals surface area (Å²) in [5.74, 6) is -0.890. The molecule has 0 radical (unpaired) electrons. The highest BCUT2D eigenvalue weighted by atomic mass is 32.2. The minimum atomic E-state index is -3.95. The molecule has 0 saturated heterocycles. The first kappa shape index (κ1) is 17.0. The van der Waals surface area contributed by atoms with Gasteiger partial charge in [0.25, 0.3) is 0 Å². The van der Waals surface area contributed by atoms with Crippen molar-refractivity contribution in [3.8, 4) is 0 Å².